The highest BCUT2D eigenvalue weighted by Gasteiger charge is 2.59. The minimum absolute atomic E-state index is 0.196. The molecular weight excluding hydrogens is 375 g/mol. The lowest BCUT2D eigenvalue weighted by Crippen LogP contribution is -2.49. The number of benzene rings is 2. The second kappa shape index (κ2) is 6.28. The van der Waals surface area contributed by atoms with E-state index in [2.05, 4.69) is 0 Å². The van der Waals surface area contributed by atoms with Crippen LogP contribution in [0.1, 0.15) is 18.1 Å². The number of carbonyl (C=O) groups excluding carboxylic acids is 2. The zero-order valence-electron chi connectivity index (χ0n) is 14.0. The quantitative estimate of drug-likeness (QED) is 0.783. The number of anilines is 1. The molecule has 1 spiro atoms. The highest BCUT2D eigenvalue weighted by molar-refractivity contribution is 8.01. The van der Waals surface area contributed by atoms with Crippen LogP contribution < -0.4 is 4.90 Å². The fourth-order valence-corrected chi connectivity index (χ4v) is 5.37. The molecule has 2 aromatic carbocycles. The second-order valence-corrected chi connectivity index (χ2v) is 8.00. The second-order valence-electron chi connectivity index (χ2n) is 6.31. The number of hydrogen-bond donors (Lipinski definition) is 0. The fourth-order valence-electron chi connectivity index (χ4n) is 3.68. The average Bonchev–Trinajstić information content (AvgIpc) is 3.15. The molecule has 0 N–H and O–H groups in total. The average molecular weight is 391 g/mol. The van der Waals surface area contributed by atoms with E-state index < -0.39 is 10.7 Å². The lowest BCUT2D eigenvalue weighted by Gasteiger charge is -2.32. The van der Waals surface area contributed by atoms with Crippen LogP contribution >= 0.6 is 23.4 Å². The number of rotatable bonds is 2. The maximum atomic E-state index is 14.0. The van der Waals surface area contributed by atoms with Crippen molar-refractivity contribution in [3.63, 3.8) is 0 Å². The maximum Gasteiger partial charge on any atom is 0.268 e. The molecule has 0 radical (unpaired) electrons. The predicted molar refractivity (Wildman–Crippen MR) is 101 cm³/mol. The molecule has 2 heterocycles. The molecule has 0 saturated carbocycles. The Bertz CT molecular complexity index is 922. The van der Waals surface area contributed by atoms with Crippen molar-refractivity contribution in [2.24, 2.45) is 0 Å². The van der Waals surface area contributed by atoms with Gasteiger partial charge in [-0.3, -0.25) is 9.59 Å². The Balaban J connectivity index is 1.85. The molecule has 4 nitrogen and oxygen atoms in total. The third-order valence-corrected chi connectivity index (χ3v) is 6.61. The van der Waals surface area contributed by atoms with Gasteiger partial charge in [-0.15, -0.1) is 11.8 Å². The Labute approximate surface area is 159 Å². The number of thioether (sulfide) groups is 1. The molecule has 0 bridgehead atoms. The summed E-state index contributed by atoms with van der Waals surface area (Å²) in [5.41, 5.74) is 1.96. The number of nitrogens with zero attached hydrogens (tertiary/aromatic N) is 2. The van der Waals surface area contributed by atoms with Gasteiger partial charge in [0, 0.05) is 29.8 Å². The van der Waals surface area contributed by atoms with Crippen LogP contribution in [0.4, 0.5) is 10.1 Å². The van der Waals surface area contributed by atoms with E-state index in [9.17, 15) is 14.0 Å². The summed E-state index contributed by atoms with van der Waals surface area (Å²) in [6.07, 6.45) is 0. The first-order valence-corrected chi connectivity index (χ1v) is 9.59. The number of fused-ring (bicyclic) bond motifs is 2. The smallest absolute Gasteiger partial charge is 0.268 e. The first-order chi connectivity index (χ1) is 12.4. The molecule has 134 valence electrons. The molecule has 2 aliphatic heterocycles. The zero-order chi connectivity index (χ0) is 18.5. The van der Waals surface area contributed by atoms with E-state index in [0.717, 1.165) is 5.56 Å². The maximum absolute atomic E-state index is 14.0. The van der Waals surface area contributed by atoms with Gasteiger partial charge in [0.2, 0.25) is 5.91 Å². The molecule has 1 fully saturated rings. The third-order valence-electron chi connectivity index (χ3n) is 4.82. The number of halogens is 2. The number of hydrogen-bond acceptors (Lipinski definition) is 3. The van der Waals surface area contributed by atoms with Gasteiger partial charge in [-0.1, -0.05) is 29.8 Å². The van der Waals surface area contributed by atoms with Crippen LogP contribution in [0, 0.1) is 5.82 Å². The van der Waals surface area contributed by atoms with Crippen molar-refractivity contribution in [2.75, 3.05) is 17.2 Å². The SMILES string of the molecule is CC(=O)N1CCS[C@]12C(=O)N(Cc1ccccc1Cl)c1ccc(F)cc12. The summed E-state index contributed by atoms with van der Waals surface area (Å²) in [5.74, 6) is -0.221. The molecule has 7 heteroatoms. The normalized spacial score (nSPS) is 21.6. The highest BCUT2D eigenvalue weighted by Crippen LogP contribution is 2.54. The van der Waals surface area contributed by atoms with E-state index in [4.69, 9.17) is 11.6 Å². The lowest BCUT2D eigenvalue weighted by molar-refractivity contribution is -0.138. The van der Waals surface area contributed by atoms with Gasteiger partial charge in [0.1, 0.15) is 5.82 Å². The predicted octanol–water partition coefficient (Wildman–Crippen LogP) is 3.77. The largest absolute Gasteiger partial charge is 0.315 e. The third kappa shape index (κ3) is 2.43. The van der Waals surface area contributed by atoms with Crippen molar-refractivity contribution in [3.8, 4) is 0 Å². The van der Waals surface area contributed by atoms with Gasteiger partial charge in [0.25, 0.3) is 5.91 Å². The van der Waals surface area contributed by atoms with Crippen molar-refractivity contribution >= 4 is 40.9 Å². The van der Waals surface area contributed by atoms with Crippen molar-refractivity contribution in [1.29, 1.82) is 0 Å². The van der Waals surface area contributed by atoms with Crippen LogP contribution in [-0.2, 0) is 21.0 Å². The van der Waals surface area contributed by atoms with Crippen LogP contribution in [0.5, 0.6) is 0 Å². The molecule has 26 heavy (non-hydrogen) atoms. The van der Waals surface area contributed by atoms with Gasteiger partial charge < -0.3 is 9.80 Å². The number of carbonyl (C=O) groups is 2. The summed E-state index contributed by atoms with van der Waals surface area (Å²) in [6.45, 7) is 2.17. The van der Waals surface area contributed by atoms with Crippen molar-refractivity contribution in [2.45, 2.75) is 18.3 Å². The van der Waals surface area contributed by atoms with E-state index in [1.165, 1.54) is 30.8 Å². The van der Waals surface area contributed by atoms with Crippen LogP contribution in [-0.4, -0.2) is 29.0 Å². The Morgan fingerprint density at radius 1 is 1.31 bits per heavy atom. The molecule has 0 aliphatic carbocycles. The number of amides is 2. The molecule has 0 unspecified atom stereocenters. The summed E-state index contributed by atoms with van der Waals surface area (Å²) in [4.78, 5) is 27.6. The standard InChI is InChI=1S/C19H16ClFN2O2S/c1-12(24)23-8-9-26-19(23)15-10-14(21)6-7-17(15)22(18(19)25)11-13-4-2-3-5-16(13)20/h2-7,10H,8-9,11H2,1H3/t19-/m1/s1. The summed E-state index contributed by atoms with van der Waals surface area (Å²) in [6, 6.07) is 11.6. The first-order valence-electron chi connectivity index (χ1n) is 8.22. The lowest BCUT2D eigenvalue weighted by atomic mass is 10.1. The minimum atomic E-state index is -1.19. The minimum Gasteiger partial charge on any atom is -0.315 e. The van der Waals surface area contributed by atoms with E-state index in [1.807, 2.05) is 18.2 Å². The van der Waals surface area contributed by atoms with Crippen molar-refractivity contribution < 1.29 is 14.0 Å². The van der Waals surface area contributed by atoms with Crippen LogP contribution in [0.15, 0.2) is 42.5 Å². The molecule has 4 rings (SSSR count). The van der Waals surface area contributed by atoms with E-state index >= 15 is 0 Å². The molecule has 2 amide bonds. The molecule has 1 atom stereocenters. The van der Waals surface area contributed by atoms with Gasteiger partial charge >= 0.3 is 0 Å². The van der Waals surface area contributed by atoms with E-state index in [1.54, 1.807) is 21.9 Å². The summed E-state index contributed by atoms with van der Waals surface area (Å²) >= 11 is 7.65. The summed E-state index contributed by atoms with van der Waals surface area (Å²) in [7, 11) is 0. The van der Waals surface area contributed by atoms with E-state index in [-0.39, 0.29) is 18.4 Å². The zero-order valence-corrected chi connectivity index (χ0v) is 15.6. The van der Waals surface area contributed by atoms with Crippen molar-refractivity contribution in [3.05, 3.63) is 64.4 Å². The molecular formula is C19H16ClFN2O2S. The monoisotopic (exact) mass is 390 g/mol. The molecule has 2 aliphatic rings. The van der Waals surface area contributed by atoms with Gasteiger partial charge in [-0.2, -0.15) is 0 Å². The summed E-state index contributed by atoms with van der Waals surface area (Å²) < 4.78 is 14.0. The van der Waals surface area contributed by atoms with Gasteiger partial charge in [-0.05, 0) is 29.8 Å². The Kier molecular flexibility index (Phi) is 4.20. The first kappa shape index (κ1) is 17.4. The van der Waals surface area contributed by atoms with Crippen LogP contribution in [0.2, 0.25) is 5.02 Å². The van der Waals surface area contributed by atoms with Crippen molar-refractivity contribution in [1.82, 2.24) is 4.90 Å². The van der Waals surface area contributed by atoms with Crippen LogP contribution in [0.3, 0.4) is 0 Å². The molecule has 1 saturated heterocycles. The van der Waals surface area contributed by atoms with Gasteiger partial charge in [0.15, 0.2) is 4.87 Å². The highest BCUT2D eigenvalue weighted by atomic mass is 35.5. The Hall–Kier alpha value is -2.05. The van der Waals surface area contributed by atoms with Gasteiger partial charge in [-0.25, -0.2) is 4.39 Å². The topological polar surface area (TPSA) is 40.6 Å². The molecule has 0 aromatic heterocycles. The fraction of sp³-hybridized carbons (Fsp3) is 0.263. The van der Waals surface area contributed by atoms with Gasteiger partial charge in [0.05, 0.1) is 12.2 Å². The van der Waals surface area contributed by atoms with Crippen LogP contribution in [0.25, 0.3) is 0 Å². The van der Waals surface area contributed by atoms with E-state index in [0.29, 0.717) is 28.6 Å². The summed E-state index contributed by atoms with van der Waals surface area (Å²) in [5, 5.41) is 0.562. The molecule has 2 aromatic rings. The Morgan fingerprint density at radius 2 is 2.08 bits per heavy atom. The Morgan fingerprint density at radius 3 is 2.81 bits per heavy atom.